The van der Waals surface area contributed by atoms with E-state index in [4.69, 9.17) is 0 Å². The fraction of sp³-hybridized carbons (Fsp3) is 0.231. The molecule has 0 bridgehead atoms. The lowest BCUT2D eigenvalue weighted by atomic mass is 10.1. The highest BCUT2D eigenvalue weighted by molar-refractivity contribution is 9.10. The van der Waals surface area contributed by atoms with Crippen molar-refractivity contribution in [1.29, 1.82) is 0 Å². The molecule has 1 aromatic carbocycles. The first-order chi connectivity index (χ1) is 9.02. The third-order valence-electron chi connectivity index (χ3n) is 2.50. The van der Waals surface area contributed by atoms with Gasteiger partial charge in [0, 0.05) is 12.6 Å². The first kappa shape index (κ1) is 13.9. The van der Waals surface area contributed by atoms with Crippen molar-refractivity contribution in [3.63, 3.8) is 0 Å². The molecule has 0 saturated heterocycles. The molecule has 0 spiro atoms. The van der Waals surface area contributed by atoms with Gasteiger partial charge in [-0.3, -0.25) is 0 Å². The van der Waals surface area contributed by atoms with Gasteiger partial charge in [0.1, 0.15) is 23.3 Å². The van der Waals surface area contributed by atoms with Gasteiger partial charge in [0.15, 0.2) is 0 Å². The van der Waals surface area contributed by atoms with Crippen molar-refractivity contribution in [3.8, 4) is 11.3 Å². The maximum atomic E-state index is 14.0. The van der Waals surface area contributed by atoms with Crippen LogP contribution in [0.15, 0.2) is 22.7 Å². The van der Waals surface area contributed by atoms with E-state index in [1.807, 2.05) is 6.92 Å². The summed E-state index contributed by atoms with van der Waals surface area (Å²) in [6.07, 6.45) is 0. The molecule has 0 aliphatic heterocycles. The van der Waals surface area contributed by atoms with Gasteiger partial charge in [-0.2, -0.15) is 0 Å². The summed E-state index contributed by atoms with van der Waals surface area (Å²) in [7, 11) is 0. The number of aryl methyl sites for hydroxylation is 1. The third kappa shape index (κ3) is 2.89. The minimum atomic E-state index is -0.666. The Labute approximate surface area is 118 Å². The lowest BCUT2D eigenvalue weighted by Crippen LogP contribution is -2.03. The first-order valence-corrected chi connectivity index (χ1v) is 6.55. The SMILES string of the molecule is CCNc1cc(-c2c(F)ccc(Br)c2F)nc(C)n1. The van der Waals surface area contributed by atoms with Crippen molar-refractivity contribution in [1.82, 2.24) is 9.97 Å². The second-order valence-electron chi connectivity index (χ2n) is 3.93. The number of rotatable bonds is 3. The number of nitrogens with zero attached hydrogens (tertiary/aromatic N) is 2. The van der Waals surface area contributed by atoms with Crippen LogP contribution in [0.4, 0.5) is 14.6 Å². The molecule has 0 saturated carbocycles. The zero-order valence-corrected chi connectivity index (χ0v) is 12.1. The van der Waals surface area contributed by atoms with Gasteiger partial charge in [-0.05, 0) is 41.9 Å². The number of nitrogens with one attached hydrogen (secondary N) is 1. The van der Waals surface area contributed by atoms with E-state index in [-0.39, 0.29) is 15.7 Å². The first-order valence-electron chi connectivity index (χ1n) is 5.76. The van der Waals surface area contributed by atoms with Crippen LogP contribution in [0.1, 0.15) is 12.7 Å². The molecule has 19 heavy (non-hydrogen) atoms. The number of anilines is 1. The van der Waals surface area contributed by atoms with Gasteiger partial charge in [0.05, 0.1) is 15.7 Å². The number of hydrogen-bond donors (Lipinski definition) is 1. The largest absolute Gasteiger partial charge is 0.370 e. The lowest BCUT2D eigenvalue weighted by molar-refractivity contribution is 0.584. The van der Waals surface area contributed by atoms with Crippen LogP contribution in [0.2, 0.25) is 0 Å². The predicted octanol–water partition coefficient (Wildman–Crippen LogP) is 3.92. The van der Waals surface area contributed by atoms with Crippen LogP contribution < -0.4 is 5.32 Å². The van der Waals surface area contributed by atoms with Gasteiger partial charge in [-0.25, -0.2) is 18.7 Å². The van der Waals surface area contributed by atoms with Crippen molar-refractivity contribution in [2.24, 2.45) is 0 Å². The Kier molecular flexibility index (Phi) is 4.09. The summed E-state index contributed by atoms with van der Waals surface area (Å²) < 4.78 is 28.1. The number of benzene rings is 1. The van der Waals surface area contributed by atoms with Crippen LogP contribution >= 0.6 is 15.9 Å². The molecule has 100 valence electrons. The van der Waals surface area contributed by atoms with Gasteiger partial charge < -0.3 is 5.32 Å². The summed E-state index contributed by atoms with van der Waals surface area (Å²) in [5.74, 6) is -0.321. The zero-order valence-electron chi connectivity index (χ0n) is 10.5. The maximum absolute atomic E-state index is 14.0. The quantitative estimate of drug-likeness (QED) is 0.868. The molecular formula is C13H12BrF2N3. The summed E-state index contributed by atoms with van der Waals surface area (Å²) in [6, 6.07) is 4.06. The Morgan fingerprint density at radius 2 is 2.00 bits per heavy atom. The Morgan fingerprint density at radius 3 is 2.68 bits per heavy atom. The Hall–Kier alpha value is -1.56. The minimum absolute atomic E-state index is 0.154. The normalized spacial score (nSPS) is 10.6. The summed E-state index contributed by atoms with van der Waals surface area (Å²) in [6.45, 7) is 4.26. The highest BCUT2D eigenvalue weighted by atomic mass is 79.9. The van der Waals surface area contributed by atoms with E-state index in [9.17, 15) is 8.78 Å². The zero-order chi connectivity index (χ0) is 14.0. The smallest absolute Gasteiger partial charge is 0.149 e. The van der Waals surface area contributed by atoms with Crippen molar-refractivity contribution in [2.45, 2.75) is 13.8 Å². The average molecular weight is 328 g/mol. The molecule has 0 atom stereocenters. The van der Waals surface area contributed by atoms with Crippen molar-refractivity contribution in [2.75, 3.05) is 11.9 Å². The predicted molar refractivity (Wildman–Crippen MR) is 74.0 cm³/mol. The molecule has 1 aromatic heterocycles. The molecule has 0 unspecified atom stereocenters. The van der Waals surface area contributed by atoms with E-state index < -0.39 is 11.6 Å². The highest BCUT2D eigenvalue weighted by Gasteiger charge is 2.16. The van der Waals surface area contributed by atoms with E-state index >= 15 is 0 Å². The molecule has 0 amide bonds. The topological polar surface area (TPSA) is 37.8 Å². The number of aromatic nitrogens is 2. The molecule has 6 heteroatoms. The highest BCUT2D eigenvalue weighted by Crippen LogP contribution is 2.30. The molecule has 1 heterocycles. The van der Waals surface area contributed by atoms with E-state index in [1.165, 1.54) is 18.2 Å². The van der Waals surface area contributed by atoms with Crippen LogP contribution in [-0.2, 0) is 0 Å². The summed E-state index contributed by atoms with van der Waals surface area (Å²) in [5.41, 5.74) is 0.0683. The van der Waals surface area contributed by atoms with Crippen LogP contribution in [-0.4, -0.2) is 16.5 Å². The number of hydrogen-bond acceptors (Lipinski definition) is 3. The second-order valence-corrected chi connectivity index (χ2v) is 4.79. The standard InChI is InChI=1S/C13H12BrF2N3/c1-3-17-11-6-10(18-7(2)19-11)12-9(15)5-4-8(14)13(12)16/h4-6H,3H2,1-2H3,(H,17,18,19). The Morgan fingerprint density at radius 1 is 1.26 bits per heavy atom. The molecule has 1 N–H and O–H groups in total. The molecular weight excluding hydrogens is 316 g/mol. The fourth-order valence-corrected chi connectivity index (χ4v) is 2.06. The molecule has 2 rings (SSSR count). The molecule has 0 aliphatic rings. The van der Waals surface area contributed by atoms with E-state index in [0.717, 1.165) is 0 Å². The fourth-order valence-electron chi connectivity index (χ4n) is 1.73. The second kappa shape index (κ2) is 5.61. The van der Waals surface area contributed by atoms with Crippen LogP contribution in [0.3, 0.4) is 0 Å². The van der Waals surface area contributed by atoms with Gasteiger partial charge in [-0.15, -0.1) is 0 Å². The molecule has 2 aromatic rings. The Balaban J connectivity index is 2.62. The van der Waals surface area contributed by atoms with Gasteiger partial charge in [-0.1, -0.05) is 0 Å². The van der Waals surface area contributed by atoms with Crippen LogP contribution in [0.5, 0.6) is 0 Å². The monoisotopic (exact) mass is 327 g/mol. The summed E-state index contributed by atoms with van der Waals surface area (Å²) >= 11 is 3.04. The summed E-state index contributed by atoms with van der Waals surface area (Å²) in [4.78, 5) is 8.25. The average Bonchev–Trinajstić information content (AvgIpc) is 2.34. The van der Waals surface area contributed by atoms with Gasteiger partial charge >= 0.3 is 0 Å². The van der Waals surface area contributed by atoms with E-state index in [2.05, 4.69) is 31.2 Å². The maximum Gasteiger partial charge on any atom is 0.149 e. The van der Waals surface area contributed by atoms with Crippen molar-refractivity contribution >= 4 is 21.7 Å². The molecule has 3 nitrogen and oxygen atoms in total. The molecule has 0 aliphatic carbocycles. The van der Waals surface area contributed by atoms with Crippen LogP contribution in [0, 0.1) is 18.6 Å². The van der Waals surface area contributed by atoms with Crippen molar-refractivity contribution in [3.05, 3.63) is 40.1 Å². The van der Waals surface area contributed by atoms with Crippen molar-refractivity contribution < 1.29 is 8.78 Å². The minimum Gasteiger partial charge on any atom is -0.370 e. The van der Waals surface area contributed by atoms with Crippen LogP contribution in [0.25, 0.3) is 11.3 Å². The van der Waals surface area contributed by atoms with E-state index in [1.54, 1.807) is 6.92 Å². The lowest BCUT2D eigenvalue weighted by Gasteiger charge is -2.09. The van der Waals surface area contributed by atoms with Gasteiger partial charge in [0.25, 0.3) is 0 Å². The van der Waals surface area contributed by atoms with Gasteiger partial charge in [0.2, 0.25) is 0 Å². The molecule has 0 radical (unpaired) electrons. The summed E-state index contributed by atoms with van der Waals surface area (Å²) in [5, 5.41) is 3.00. The third-order valence-corrected chi connectivity index (χ3v) is 3.11. The molecule has 0 fully saturated rings. The van der Waals surface area contributed by atoms with E-state index in [0.29, 0.717) is 18.2 Å². The Bertz CT molecular complexity index is 617. The number of halogens is 3.